The van der Waals surface area contributed by atoms with Gasteiger partial charge in [-0.1, -0.05) is 30.3 Å². The molecule has 4 aromatic rings. The summed E-state index contributed by atoms with van der Waals surface area (Å²) in [6.07, 6.45) is 0.677. The summed E-state index contributed by atoms with van der Waals surface area (Å²) < 4.78 is 34.5. The SMILES string of the molecule is COc1ccc(C(=O)N2CCc3cc4c(cc3C2c2cc(OC)c(OCc3ccccc3)c(OC)c2)OCO4)cc1. The van der Waals surface area contributed by atoms with Crippen molar-refractivity contribution in [1.29, 1.82) is 0 Å². The van der Waals surface area contributed by atoms with E-state index >= 15 is 0 Å². The van der Waals surface area contributed by atoms with Crippen LogP contribution in [-0.2, 0) is 13.0 Å². The number of hydrogen-bond acceptors (Lipinski definition) is 7. The smallest absolute Gasteiger partial charge is 0.254 e. The van der Waals surface area contributed by atoms with Gasteiger partial charge in [-0.05, 0) is 77.2 Å². The molecule has 41 heavy (non-hydrogen) atoms. The summed E-state index contributed by atoms with van der Waals surface area (Å²) in [6, 6.07) is 24.5. The Balaban J connectivity index is 1.43. The first kappa shape index (κ1) is 26.4. The van der Waals surface area contributed by atoms with E-state index in [1.165, 1.54) is 0 Å². The number of carbonyl (C=O) groups excluding carboxylic acids is 1. The summed E-state index contributed by atoms with van der Waals surface area (Å²) in [5.41, 5.74) is 4.48. The summed E-state index contributed by atoms with van der Waals surface area (Å²) in [6.45, 7) is 1.04. The summed E-state index contributed by atoms with van der Waals surface area (Å²) in [4.78, 5) is 15.9. The lowest BCUT2D eigenvalue weighted by atomic mass is 9.87. The fourth-order valence-electron chi connectivity index (χ4n) is 5.42. The molecule has 0 aliphatic carbocycles. The first-order chi connectivity index (χ1) is 20.1. The number of carbonyl (C=O) groups is 1. The fraction of sp³-hybridized carbons (Fsp3) is 0.242. The lowest BCUT2D eigenvalue weighted by Crippen LogP contribution is -2.40. The van der Waals surface area contributed by atoms with Gasteiger partial charge in [-0.3, -0.25) is 4.79 Å². The lowest BCUT2D eigenvalue weighted by Gasteiger charge is -2.38. The van der Waals surface area contributed by atoms with Crippen molar-refractivity contribution in [2.45, 2.75) is 19.1 Å². The maximum atomic E-state index is 14.0. The van der Waals surface area contributed by atoms with Crippen LogP contribution in [0.15, 0.2) is 78.9 Å². The third-order valence-corrected chi connectivity index (χ3v) is 7.49. The molecule has 210 valence electrons. The number of benzene rings is 4. The fourth-order valence-corrected chi connectivity index (χ4v) is 5.42. The van der Waals surface area contributed by atoms with Crippen molar-refractivity contribution < 1.29 is 33.2 Å². The van der Waals surface area contributed by atoms with E-state index in [4.69, 9.17) is 28.4 Å². The number of rotatable bonds is 8. The zero-order valence-corrected chi connectivity index (χ0v) is 23.2. The third kappa shape index (κ3) is 5.09. The van der Waals surface area contributed by atoms with Crippen molar-refractivity contribution in [3.05, 3.63) is 107 Å². The number of amides is 1. The highest BCUT2D eigenvalue weighted by Gasteiger charge is 2.36. The van der Waals surface area contributed by atoms with Gasteiger partial charge in [0.2, 0.25) is 12.5 Å². The Labute approximate surface area is 238 Å². The van der Waals surface area contributed by atoms with Crippen molar-refractivity contribution >= 4 is 5.91 Å². The minimum Gasteiger partial charge on any atom is -0.497 e. The largest absolute Gasteiger partial charge is 0.497 e. The standard InChI is InChI=1S/C33H31NO7/c1-36-25-11-9-22(10-12-25)33(35)34-14-13-23-15-27-28(41-20-40-27)18-26(23)31(34)24-16-29(37-2)32(30(17-24)38-3)39-19-21-7-5-4-6-8-21/h4-12,15-18,31H,13-14,19-20H2,1-3H3. The summed E-state index contributed by atoms with van der Waals surface area (Å²) in [7, 11) is 4.80. The molecule has 2 aliphatic heterocycles. The lowest BCUT2D eigenvalue weighted by molar-refractivity contribution is 0.0694. The Morgan fingerprint density at radius 3 is 2.20 bits per heavy atom. The molecular formula is C33H31NO7. The van der Waals surface area contributed by atoms with Crippen molar-refractivity contribution in [1.82, 2.24) is 4.90 Å². The van der Waals surface area contributed by atoms with E-state index in [9.17, 15) is 4.79 Å². The summed E-state index contributed by atoms with van der Waals surface area (Å²) in [5, 5.41) is 0. The Bertz CT molecular complexity index is 1530. The summed E-state index contributed by atoms with van der Waals surface area (Å²) >= 11 is 0. The van der Waals surface area contributed by atoms with E-state index in [2.05, 4.69) is 0 Å². The Morgan fingerprint density at radius 2 is 1.54 bits per heavy atom. The minimum atomic E-state index is -0.436. The van der Waals surface area contributed by atoms with Crippen LogP contribution in [0, 0.1) is 0 Å². The van der Waals surface area contributed by atoms with Crippen molar-refractivity contribution in [2.75, 3.05) is 34.7 Å². The minimum absolute atomic E-state index is 0.0942. The molecule has 2 aliphatic rings. The van der Waals surface area contributed by atoms with Gasteiger partial charge in [0.1, 0.15) is 12.4 Å². The van der Waals surface area contributed by atoms with Crippen LogP contribution >= 0.6 is 0 Å². The Hall–Kier alpha value is -4.85. The van der Waals surface area contributed by atoms with E-state index in [0.717, 1.165) is 28.0 Å². The van der Waals surface area contributed by atoms with Crippen LogP contribution in [0.5, 0.6) is 34.5 Å². The molecule has 0 bridgehead atoms. The molecule has 1 atom stereocenters. The normalized spacial score (nSPS) is 15.2. The first-order valence-corrected chi connectivity index (χ1v) is 13.4. The second-order valence-corrected chi connectivity index (χ2v) is 9.81. The van der Waals surface area contributed by atoms with Crippen LogP contribution in [0.1, 0.15) is 38.7 Å². The molecule has 0 saturated heterocycles. The molecular weight excluding hydrogens is 522 g/mol. The summed E-state index contributed by atoms with van der Waals surface area (Å²) in [5.74, 6) is 3.50. The van der Waals surface area contributed by atoms with E-state index < -0.39 is 6.04 Å². The van der Waals surface area contributed by atoms with Crippen molar-refractivity contribution in [2.24, 2.45) is 0 Å². The van der Waals surface area contributed by atoms with Gasteiger partial charge in [0.15, 0.2) is 23.0 Å². The molecule has 8 nitrogen and oxygen atoms in total. The predicted octanol–water partition coefficient (Wildman–Crippen LogP) is 5.81. The zero-order chi connectivity index (χ0) is 28.3. The molecule has 1 amide bonds. The van der Waals surface area contributed by atoms with Crippen LogP contribution in [0.3, 0.4) is 0 Å². The van der Waals surface area contributed by atoms with Gasteiger partial charge in [-0.25, -0.2) is 0 Å². The quantitative estimate of drug-likeness (QED) is 0.273. The molecule has 8 heteroatoms. The molecule has 0 radical (unpaired) electrons. The third-order valence-electron chi connectivity index (χ3n) is 7.49. The highest BCUT2D eigenvalue weighted by atomic mass is 16.7. The van der Waals surface area contributed by atoms with Gasteiger partial charge >= 0.3 is 0 Å². The highest BCUT2D eigenvalue weighted by Crippen LogP contribution is 2.47. The second kappa shape index (κ2) is 11.3. The predicted molar refractivity (Wildman–Crippen MR) is 152 cm³/mol. The van der Waals surface area contributed by atoms with Crippen molar-refractivity contribution in [3.8, 4) is 34.5 Å². The van der Waals surface area contributed by atoms with Crippen molar-refractivity contribution in [3.63, 3.8) is 0 Å². The first-order valence-electron chi connectivity index (χ1n) is 13.4. The average Bonchev–Trinajstić information content (AvgIpc) is 3.49. The Morgan fingerprint density at radius 1 is 0.854 bits per heavy atom. The van der Waals surface area contributed by atoms with E-state index in [-0.39, 0.29) is 12.7 Å². The molecule has 4 aromatic carbocycles. The Kier molecular flexibility index (Phi) is 7.29. The van der Waals surface area contributed by atoms with E-state index in [1.54, 1.807) is 45.6 Å². The maximum Gasteiger partial charge on any atom is 0.254 e. The number of nitrogens with zero attached hydrogens (tertiary/aromatic N) is 1. The van der Waals surface area contributed by atoms with Gasteiger partial charge in [0.25, 0.3) is 5.91 Å². The molecule has 6 rings (SSSR count). The van der Waals surface area contributed by atoms with Crippen LogP contribution in [0.2, 0.25) is 0 Å². The van der Waals surface area contributed by atoms with Gasteiger partial charge in [0.05, 0.1) is 27.4 Å². The van der Waals surface area contributed by atoms with Crippen LogP contribution in [0.4, 0.5) is 0 Å². The molecule has 2 heterocycles. The van der Waals surface area contributed by atoms with Crippen LogP contribution in [-0.4, -0.2) is 45.5 Å². The highest BCUT2D eigenvalue weighted by molar-refractivity contribution is 5.95. The van der Waals surface area contributed by atoms with Gasteiger partial charge in [-0.2, -0.15) is 0 Å². The topological polar surface area (TPSA) is 75.7 Å². The number of ether oxygens (including phenoxy) is 6. The number of hydrogen-bond donors (Lipinski definition) is 0. The van der Waals surface area contributed by atoms with E-state index in [1.807, 2.05) is 59.5 Å². The van der Waals surface area contributed by atoms with Gasteiger partial charge in [-0.15, -0.1) is 0 Å². The van der Waals surface area contributed by atoms with E-state index in [0.29, 0.717) is 53.9 Å². The molecule has 0 saturated carbocycles. The number of methoxy groups -OCH3 is 3. The van der Waals surface area contributed by atoms with Gasteiger partial charge < -0.3 is 33.3 Å². The molecule has 0 spiro atoms. The second-order valence-electron chi connectivity index (χ2n) is 9.81. The zero-order valence-electron chi connectivity index (χ0n) is 23.2. The average molecular weight is 554 g/mol. The molecule has 0 fully saturated rings. The number of fused-ring (bicyclic) bond motifs is 2. The van der Waals surface area contributed by atoms with Crippen LogP contribution < -0.4 is 28.4 Å². The van der Waals surface area contributed by atoms with Gasteiger partial charge in [0, 0.05) is 12.1 Å². The molecule has 1 unspecified atom stereocenters. The molecule has 0 N–H and O–H groups in total. The molecule has 0 aromatic heterocycles. The van der Waals surface area contributed by atoms with Crippen LogP contribution in [0.25, 0.3) is 0 Å². The maximum absolute atomic E-state index is 14.0. The monoisotopic (exact) mass is 553 g/mol.